The quantitative estimate of drug-likeness (QED) is 0.782. The highest BCUT2D eigenvalue weighted by molar-refractivity contribution is 5.78. The van der Waals surface area contributed by atoms with E-state index < -0.39 is 0 Å². The van der Waals surface area contributed by atoms with Gasteiger partial charge in [-0.25, -0.2) is 4.98 Å². The van der Waals surface area contributed by atoms with E-state index in [1.54, 1.807) is 25.7 Å². The fraction of sp³-hybridized carbons (Fsp3) is 0.615. The molecule has 6 heteroatoms. The molecule has 19 heavy (non-hydrogen) atoms. The minimum atomic E-state index is 0.102. The maximum Gasteiger partial charge on any atom is 0.223 e. The number of hydrogen-bond acceptors (Lipinski definition) is 5. The Kier molecular flexibility index (Phi) is 5.09. The van der Waals surface area contributed by atoms with Gasteiger partial charge in [0.2, 0.25) is 5.91 Å². The summed E-state index contributed by atoms with van der Waals surface area (Å²) in [5.41, 5.74) is 0. The van der Waals surface area contributed by atoms with E-state index >= 15 is 0 Å². The fourth-order valence-corrected chi connectivity index (χ4v) is 2.25. The highest BCUT2D eigenvalue weighted by Crippen LogP contribution is 2.20. The molecule has 1 aromatic heterocycles. The summed E-state index contributed by atoms with van der Waals surface area (Å²) in [6.45, 7) is 2.84. The van der Waals surface area contributed by atoms with Crippen molar-refractivity contribution < 1.29 is 9.53 Å². The predicted octanol–water partition coefficient (Wildman–Crippen LogP) is 0.456. The lowest BCUT2D eigenvalue weighted by molar-refractivity contribution is -0.125. The van der Waals surface area contributed by atoms with Gasteiger partial charge in [-0.2, -0.15) is 0 Å². The van der Waals surface area contributed by atoms with Crippen LogP contribution in [0.15, 0.2) is 18.6 Å². The van der Waals surface area contributed by atoms with Crippen LogP contribution in [0.3, 0.4) is 0 Å². The van der Waals surface area contributed by atoms with Crippen molar-refractivity contribution in [3.63, 3.8) is 0 Å². The van der Waals surface area contributed by atoms with E-state index in [-0.39, 0.29) is 11.8 Å². The summed E-state index contributed by atoms with van der Waals surface area (Å²) < 4.78 is 4.92. The molecule has 1 fully saturated rings. The first-order valence-corrected chi connectivity index (χ1v) is 6.59. The van der Waals surface area contributed by atoms with Crippen molar-refractivity contribution in [2.45, 2.75) is 12.8 Å². The van der Waals surface area contributed by atoms with Crippen molar-refractivity contribution in [3.8, 4) is 0 Å². The smallest absolute Gasteiger partial charge is 0.223 e. The van der Waals surface area contributed by atoms with Crippen LogP contribution < -0.4 is 10.2 Å². The summed E-state index contributed by atoms with van der Waals surface area (Å²) in [7, 11) is 1.63. The summed E-state index contributed by atoms with van der Waals surface area (Å²) in [4.78, 5) is 22.4. The lowest BCUT2D eigenvalue weighted by Gasteiger charge is -2.31. The largest absolute Gasteiger partial charge is 0.383 e. The summed E-state index contributed by atoms with van der Waals surface area (Å²) in [5, 5.41) is 2.90. The van der Waals surface area contributed by atoms with Crippen molar-refractivity contribution >= 4 is 11.7 Å². The van der Waals surface area contributed by atoms with E-state index in [0.717, 1.165) is 31.7 Å². The van der Waals surface area contributed by atoms with Gasteiger partial charge in [-0.1, -0.05) is 0 Å². The summed E-state index contributed by atoms with van der Waals surface area (Å²) in [6.07, 6.45) is 6.84. The molecule has 1 aliphatic rings. The standard InChI is InChI=1S/C13H20N4O2/c1-19-9-6-16-13(18)11-2-7-17(8-3-11)12-10-14-4-5-15-12/h4-5,10-11H,2-3,6-9H2,1H3,(H,16,18). The molecule has 2 heterocycles. The molecule has 6 nitrogen and oxygen atoms in total. The summed E-state index contributed by atoms with van der Waals surface area (Å²) >= 11 is 0. The van der Waals surface area contributed by atoms with Gasteiger partial charge < -0.3 is 15.0 Å². The van der Waals surface area contributed by atoms with Gasteiger partial charge in [-0.3, -0.25) is 9.78 Å². The van der Waals surface area contributed by atoms with Gasteiger partial charge >= 0.3 is 0 Å². The minimum absolute atomic E-state index is 0.102. The van der Waals surface area contributed by atoms with Gasteiger partial charge in [0.05, 0.1) is 12.8 Å². The van der Waals surface area contributed by atoms with E-state index in [0.29, 0.717) is 13.2 Å². The topological polar surface area (TPSA) is 67.3 Å². The maximum atomic E-state index is 11.9. The molecule has 0 unspecified atom stereocenters. The van der Waals surface area contributed by atoms with Crippen LogP contribution in [0.5, 0.6) is 0 Å². The normalized spacial score (nSPS) is 16.4. The van der Waals surface area contributed by atoms with Crippen LogP contribution in [0.25, 0.3) is 0 Å². The molecule has 0 aromatic carbocycles. The maximum absolute atomic E-state index is 11.9. The average Bonchev–Trinajstić information content (AvgIpc) is 2.48. The molecule has 0 saturated carbocycles. The molecule has 0 bridgehead atoms. The first-order chi connectivity index (χ1) is 9.31. The predicted molar refractivity (Wildman–Crippen MR) is 71.9 cm³/mol. The lowest BCUT2D eigenvalue weighted by atomic mass is 9.96. The first-order valence-electron chi connectivity index (χ1n) is 6.59. The Hall–Kier alpha value is -1.69. The molecule has 1 amide bonds. The number of methoxy groups -OCH3 is 1. The number of carbonyl (C=O) groups excluding carboxylic acids is 1. The molecule has 0 radical (unpaired) electrons. The second kappa shape index (κ2) is 7.04. The number of anilines is 1. The van der Waals surface area contributed by atoms with Gasteiger partial charge in [0, 0.05) is 45.1 Å². The number of nitrogens with one attached hydrogen (secondary N) is 1. The van der Waals surface area contributed by atoms with Crippen LogP contribution >= 0.6 is 0 Å². The summed E-state index contributed by atoms with van der Waals surface area (Å²) in [5.74, 6) is 1.13. The Morgan fingerprint density at radius 2 is 2.26 bits per heavy atom. The zero-order valence-electron chi connectivity index (χ0n) is 11.2. The Balaban J connectivity index is 1.77. The number of nitrogens with zero attached hydrogens (tertiary/aromatic N) is 3. The Labute approximate surface area is 113 Å². The van der Waals surface area contributed by atoms with E-state index in [1.165, 1.54) is 0 Å². The van der Waals surface area contributed by atoms with Crippen molar-refractivity contribution in [1.29, 1.82) is 0 Å². The molecule has 1 aromatic rings. The first kappa shape index (κ1) is 13.7. The highest BCUT2D eigenvalue weighted by Gasteiger charge is 2.25. The summed E-state index contributed by atoms with van der Waals surface area (Å²) in [6, 6.07) is 0. The van der Waals surface area contributed by atoms with Crippen LogP contribution in [0.4, 0.5) is 5.82 Å². The van der Waals surface area contributed by atoms with E-state index in [1.807, 2.05) is 0 Å². The molecule has 0 atom stereocenters. The van der Waals surface area contributed by atoms with Gasteiger partial charge in [-0.15, -0.1) is 0 Å². The molecular formula is C13H20N4O2. The minimum Gasteiger partial charge on any atom is -0.383 e. The highest BCUT2D eigenvalue weighted by atomic mass is 16.5. The molecular weight excluding hydrogens is 244 g/mol. The van der Waals surface area contributed by atoms with Crippen LogP contribution in [0.1, 0.15) is 12.8 Å². The Morgan fingerprint density at radius 1 is 1.47 bits per heavy atom. The molecule has 1 aliphatic heterocycles. The van der Waals surface area contributed by atoms with Gasteiger partial charge in [-0.05, 0) is 12.8 Å². The fourth-order valence-electron chi connectivity index (χ4n) is 2.25. The number of ether oxygens (including phenoxy) is 1. The molecule has 0 spiro atoms. The van der Waals surface area contributed by atoms with Crippen molar-refractivity contribution in [2.24, 2.45) is 5.92 Å². The monoisotopic (exact) mass is 264 g/mol. The van der Waals surface area contributed by atoms with Crippen LogP contribution in [-0.4, -0.2) is 49.2 Å². The SMILES string of the molecule is COCCNC(=O)C1CCN(c2cnccn2)CC1. The second-order valence-corrected chi connectivity index (χ2v) is 4.61. The van der Waals surface area contributed by atoms with E-state index in [4.69, 9.17) is 4.74 Å². The number of rotatable bonds is 5. The van der Waals surface area contributed by atoms with Gasteiger partial charge in [0.25, 0.3) is 0 Å². The zero-order valence-corrected chi connectivity index (χ0v) is 11.2. The van der Waals surface area contributed by atoms with E-state index in [2.05, 4.69) is 20.2 Å². The lowest BCUT2D eigenvalue weighted by Crippen LogP contribution is -2.41. The molecule has 1 N–H and O–H groups in total. The van der Waals surface area contributed by atoms with Crippen molar-refractivity contribution in [3.05, 3.63) is 18.6 Å². The Bertz CT molecular complexity index is 391. The van der Waals surface area contributed by atoms with Gasteiger partial charge in [0.1, 0.15) is 5.82 Å². The van der Waals surface area contributed by atoms with Crippen LogP contribution in [0.2, 0.25) is 0 Å². The van der Waals surface area contributed by atoms with Crippen molar-refractivity contribution in [1.82, 2.24) is 15.3 Å². The molecule has 1 saturated heterocycles. The van der Waals surface area contributed by atoms with Crippen LogP contribution in [0, 0.1) is 5.92 Å². The second-order valence-electron chi connectivity index (χ2n) is 4.61. The molecule has 104 valence electrons. The third kappa shape index (κ3) is 3.89. The molecule has 0 aliphatic carbocycles. The van der Waals surface area contributed by atoms with Crippen LogP contribution in [-0.2, 0) is 9.53 Å². The van der Waals surface area contributed by atoms with E-state index in [9.17, 15) is 4.79 Å². The molecule has 2 rings (SSSR count). The number of piperidine rings is 1. The zero-order chi connectivity index (χ0) is 13.5. The third-order valence-corrected chi connectivity index (χ3v) is 3.34. The van der Waals surface area contributed by atoms with Crippen molar-refractivity contribution in [2.75, 3.05) is 38.3 Å². The number of carbonyl (C=O) groups is 1. The number of aromatic nitrogens is 2. The number of hydrogen-bond donors (Lipinski definition) is 1. The Morgan fingerprint density at radius 3 is 2.89 bits per heavy atom. The third-order valence-electron chi connectivity index (χ3n) is 3.34. The average molecular weight is 264 g/mol. The number of amides is 1. The van der Waals surface area contributed by atoms with Gasteiger partial charge in [0.15, 0.2) is 0 Å².